The lowest BCUT2D eigenvalue weighted by Crippen LogP contribution is -2.46. The van der Waals surface area contributed by atoms with Gasteiger partial charge in [0.1, 0.15) is 5.75 Å². The van der Waals surface area contributed by atoms with Crippen molar-refractivity contribution in [3.05, 3.63) is 64.7 Å². The Labute approximate surface area is 182 Å². The average Bonchev–Trinajstić information content (AvgIpc) is 3.01. The van der Waals surface area contributed by atoms with E-state index in [4.69, 9.17) is 21.1 Å². The zero-order valence-electron chi connectivity index (χ0n) is 16.1. The summed E-state index contributed by atoms with van der Waals surface area (Å²) in [5.74, 6) is -0.126. The first kappa shape index (κ1) is 20.7. The summed E-state index contributed by atoms with van der Waals surface area (Å²) in [6, 6.07) is 13.8. The lowest BCUT2D eigenvalue weighted by atomic mass is 10.1. The monoisotopic (exact) mass is 446 g/mol. The Bertz CT molecular complexity index is 987. The fourth-order valence-corrected chi connectivity index (χ4v) is 4.24. The van der Waals surface area contributed by atoms with Crippen LogP contribution in [-0.2, 0) is 16.1 Å². The first-order valence-electron chi connectivity index (χ1n) is 9.35. The summed E-state index contributed by atoms with van der Waals surface area (Å²) < 4.78 is 11.3. The molecule has 2 aromatic carbocycles. The van der Waals surface area contributed by atoms with Crippen molar-refractivity contribution in [2.24, 2.45) is 0 Å². The van der Waals surface area contributed by atoms with Crippen molar-refractivity contribution in [3.8, 4) is 5.75 Å². The van der Waals surface area contributed by atoms with Crippen LogP contribution >= 0.6 is 23.4 Å². The first-order chi connectivity index (χ1) is 14.4. The molecule has 0 aliphatic carbocycles. The molecule has 9 heteroatoms. The maximum atomic E-state index is 12.8. The van der Waals surface area contributed by atoms with Crippen LogP contribution in [0.3, 0.4) is 0 Å². The maximum Gasteiger partial charge on any atom is 0.291 e. The van der Waals surface area contributed by atoms with Crippen molar-refractivity contribution in [1.29, 1.82) is 0 Å². The third kappa shape index (κ3) is 4.16. The molecule has 4 rings (SSSR count). The van der Waals surface area contributed by atoms with Gasteiger partial charge in [-0.15, -0.1) is 0 Å². The van der Waals surface area contributed by atoms with E-state index in [0.717, 1.165) is 17.3 Å². The number of nitrogens with zero attached hydrogens (tertiary/aromatic N) is 2. The van der Waals surface area contributed by atoms with Gasteiger partial charge >= 0.3 is 0 Å². The molecule has 30 heavy (non-hydrogen) atoms. The number of imide groups is 1. The summed E-state index contributed by atoms with van der Waals surface area (Å²) in [7, 11) is 0. The molecule has 2 atom stereocenters. The van der Waals surface area contributed by atoms with Crippen LogP contribution in [0.25, 0.3) is 0 Å². The van der Waals surface area contributed by atoms with E-state index in [1.807, 2.05) is 30.3 Å². The largest absolute Gasteiger partial charge is 0.472 e. The number of amides is 3. The third-order valence-corrected chi connectivity index (χ3v) is 6.10. The number of fused-ring (bicyclic) bond motifs is 1. The second-order valence-corrected chi connectivity index (χ2v) is 8.45. The van der Waals surface area contributed by atoms with Crippen LogP contribution in [0, 0.1) is 0 Å². The Hall–Kier alpha value is -2.55. The molecule has 2 aromatic rings. The molecule has 2 unspecified atom stereocenters. The van der Waals surface area contributed by atoms with Crippen molar-refractivity contribution in [2.75, 3.05) is 13.3 Å². The van der Waals surface area contributed by atoms with Gasteiger partial charge in [0.2, 0.25) is 0 Å². The van der Waals surface area contributed by atoms with Crippen molar-refractivity contribution in [3.63, 3.8) is 0 Å². The van der Waals surface area contributed by atoms with Crippen molar-refractivity contribution < 1.29 is 23.9 Å². The van der Waals surface area contributed by atoms with Gasteiger partial charge in [0.15, 0.2) is 12.2 Å². The second kappa shape index (κ2) is 8.67. The first-order valence-corrected chi connectivity index (χ1v) is 10.6. The van der Waals surface area contributed by atoms with Crippen LogP contribution in [0.1, 0.15) is 22.8 Å². The molecule has 156 valence electrons. The molecule has 0 aromatic heterocycles. The second-order valence-electron chi connectivity index (χ2n) is 7.00. The summed E-state index contributed by atoms with van der Waals surface area (Å²) in [6.07, 6.45) is 0. The molecular formula is C21H19ClN2O5S. The van der Waals surface area contributed by atoms with Gasteiger partial charge in [-0.05, 0) is 42.4 Å². The number of rotatable bonds is 6. The molecule has 1 saturated heterocycles. The summed E-state index contributed by atoms with van der Waals surface area (Å²) in [5, 5.41) is 0.101. The highest BCUT2D eigenvalue weighted by molar-refractivity contribution is 8.15. The molecule has 0 bridgehead atoms. The molecule has 1 fully saturated rings. The minimum atomic E-state index is -0.925. The predicted molar refractivity (Wildman–Crippen MR) is 112 cm³/mol. The van der Waals surface area contributed by atoms with Crippen LogP contribution < -0.4 is 4.74 Å². The molecule has 7 nitrogen and oxygen atoms in total. The topological polar surface area (TPSA) is 76.2 Å². The van der Waals surface area contributed by atoms with E-state index in [0.29, 0.717) is 16.3 Å². The van der Waals surface area contributed by atoms with E-state index in [1.54, 1.807) is 25.1 Å². The fourth-order valence-electron chi connectivity index (χ4n) is 3.23. The van der Waals surface area contributed by atoms with Gasteiger partial charge in [0.05, 0.1) is 24.8 Å². The van der Waals surface area contributed by atoms with E-state index < -0.39 is 5.44 Å². The standard InChI is InChI=1S/C21H19ClN2O5S/c1-13(24-12-29-17-8-7-15(22)9-16(17)18(24)25)11-28-20-19(26)23(21(27)30-20)10-14-5-3-2-4-6-14/h2-9,13,20H,10-12H2,1H3. The third-order valence-electron chi connectivity index (χ3n) is 4.89. The molecule has 2 aliphatic rings. The molecule has 0 N–H and O–H groups in total. The molecule has 0 spiro atoms. The number of halogens is 1. The minimum Gasteiger partial charge on any atom is -0.472 e. The number of hydrogen-bond donors (Lipinski definition) is 0. The smallest absolute Gasteiger partial charge is 0.291 e. The Morgan fingerprint density at radius 1 is 1.20 bits per heavy atom. The maximum absolute atomic E-state index is 12.8. The van der Waals surface area contributed by atoms with Gasteiger partial charge in [-0.25, -0.2) is 0 Å². The lowest BCUT2D eigenvalue weighted by molar-refractivity contribution is -0.134. The molecule has 2 aliphatic heterocycles. The van der Waals surface area contributed by atoms with Gasteiger partial charge in [0, 0.05) is 5.02 Å². The average molecular weight is 447 g/mol. The van der Waals surface area contributed by atoms with E-state index in [-0.39, 0.29) is 43.0 Å². The van der Waals surface area contributed by atoms with Crippen LogP contribution in [-0.4, -0.2) is 51.7 Å². The van der Waals surface area contributed by atoms with Gasteiger partial charge in [-0.1, -0.05) is 41.9 Å². The molecule has 3 amide bonds. The van der Waals surface area contributed by atoms with Crippen LogP contribution in [0.4, 0.5) is 4.79 Å². The number of hydrogen-bond acceptors (Lipinski definition) is 6. The van der Waals surface area contributed by atoms with Gasteiger partial charge in [-0.3, -0.25) is 19.3 Å². The summed E-state index contributed by atoms with van der Waals surface area (Å²) in [4.78, 5) is 40.3. The highest BCUT2D eigenvalue weighted by atomic mass is 35.5. The van der Waals surface area contributed by atoms with Crippen LogP contribution in [0.2, 0.25) is 5.02 Å². The minimum absolute atomic E-state index is 0.0722. The van der Waals surface area contributed by atoms with Crippen molar-refractivity contribution in [2.45, 2.75) is 24.9 Å². The van der Waals surface area contributed by atoms with E-state index in [2.05, 4.69) is 0 Å². The predicted octanol–water partition coefficient (Wildman–Crippen LogP) is 3.76. The Morgan fingerprint density at radius 2 is 1.97 bits per heavy atom. The van der Waals surface area contributed by atoms with E-state index >= 15 is 0 Å². The highest BCUT2D eigenvalue weighted by Crippen LogP contribution is 2.31. The highest BCUT2D eigenvalue weighted by Gasteiger charge is 2.41. The summed E-state index contributed by atoms with van der Waals surface area (Å²) in [6.45, 7) is 2.16. The number of carbonyl (C=O) groups excluding carboxylic acids is 3. The molecule has 0 saturated carbocycles. The molecule has 0 radical (unpaired) electrons. The fraction of sp³-hybridized carbons (Fsp3) is 0.286. The number of carbonyl (C=O) groups is 3. The van der Waals surface area contributed by atoms with Crippen LogP contribution in [0.5, 0.6) is 5.75 Å². The van der Waals surface area contributed by atoms with E-state index in [1.165, 1.54) is 9.80 Å². The zero-order valence-corrected chi connectivity index (χ0v) is 17.7. The SMILES string of the molecule is CC(COC1SC(=O)N(Cc2ccccc2)C1=O)N1COc2ccc(Cl)cc2C1=O. The zero-order chi connectivity index (χ0) is 21.3. The Kier molecular flexibility index (Phi) is 5.99. The number of benzene rings is 2. The van der Waals surface area contributed by atoms with Crippen LogP contribution in [0.15, 0.2) is 48.5 Å². The summed E-state index contributed by atoms with van der Waals surface area (Å²) in [5.41, 5.74) is 0.324. The number of ether oxygens (including phenoxy) is 2. The lowest BCUT2D eigenvalue weighted by Gasteiger charge is -2.33. The molecular weight excluding hydrogens is 428 g/mol. The van der Waals surface area contributed by atoms with Gasteiger partial charge < -0.3 is 14.4 Å². The Morgan fingerprint density at radius 3 is 2.73 bits per heavy atom. The summed E-state index contributed by atoms with van der Waals surface area (Å²) >= 11 is 6.83. The van der Waals surface area contributed by atoms with E-state index in [9.17, 15) is 14.4 Å². The van der Waals surface area contributed by atoms with Crippen molar-refractivity contribution >= 4 is 40.4 Å². The normalized spacial score (nSPS) is 19.7. The Balaban J connectivity index is 1.36. The molecule has 2 heterocycles. The van der Waals surface area contributed by atoms with Gasteiger partial charge in [0.25, 0.3) is 17.1 Å². The quantitative estimate of drug-likeness (QED) is 0.672. The van der Waals surface area contributed by atoms with Gasteiger partial charge in [-0.2, -0.15) is 0 Å². The van der Waals surface area contributed by atoms with Crippen molar-refractivity contribution in [1.82, 2.24) is 9.80 Å². The number of thioether (sulfide) groups is 1.